The van der Waals surface area contributed by atoms with Crippen molar-refractivity contribution in [1.82, 2.24) is 4.98 Å². The topological polar surface area (TPSA) is 73.1 Å². The number of benzene rings is 1. The molecule has 0 amide bonds. The molecule has 1 aromatic carbocycles. The lowest BCUT2D eigenvalue weighted by Gasteiger charge is -2.00. The van der Waals surface area contributed by atoms with E-state index in [9.17, 15) is 14.9 Å². The van der Waals surface area contributed by atoms with Crippen LogP contribution in [0.15, 0.2) is 30.5 Å². The van der Waals surface area contributed by atoms with Gasteiger partial charge in [-0.1, -0.05) is 23.6 Å². The summed E-state index contributed by atoms with van der Waals surface area (Å²) in [4.78, 5) is 25.5. The molecule has 0 aliphatic carbocycles. The smallest absolute Gasteiger partial charge is 0.278 e. The first-order valence-corrected chi connectivity index (χ1v) is 7.22. The van der Waals surface area contributed by atoms with Crippen LogP contribution in [-0.4, -0.2) is 20.8 Å². The highest BCUT2D eigenvalue weighted by Crippen LogP contribution is 2.26. The predicted octanol–water partition coefficient (Wildman–Crippen LogP) is 3.16. The molecule has 0 spiro atoms. The van der Waals surface area contributed by atoms with Crippen molar-refractivity contribution in [2.24, 2.45) is 0 Å². The highest BCUT2D eigenvalue weighted by atomic mass is 32.2. The molecule has 1 heterocycles. The van der Waals surface area contributed by atoms with Gasteiger partial charge < -0.3 is 0 Å². The van der Waals surface area contributed by atoms with Crippen molar-refractivity contribution in [3.63, 3.8) is 0 Å². The fourth-order valence-corrected chi connectivity index (χ4v) is 2.31. The molecule has 0 bridgehead atoms. The summed E-state index contributed by atoms with van der Waals surface area (Å²) in [5.41, 5.74) is 1.21. The van der Waals surface area contributed by atoms with Gasteiger partial charge in [0.2, 0.25) is 0 Å². The summed E-state index contributed by atoms with van der Waals surface area (Å²) in [6.45, 7) is 1.52. The first-order valence-electron chi connectivity index (χ1n) is 6.24. The number of fused-ring (bicyclic) bond motifs is 1. The van der Waals surface area contributed by atoms with Crippen molar-refractivity contribution in [2.45, 2.75) is 13.3 Å². The van der Waals surface area contributed by atoms with E-state index in [2.05, 4.69) is 16.8 Å². The molecule has 0 aliphatic heterocycles. The molecule has 0 fully saturated rings. The van der Waals surface area contributed by atoms with Gasteiger partial charge in [-0.15, -0.1) is 0 Å². The summed E-state index contributed by atoms with van der Waals surface area (Å²) in [5, 5.41) is 11.5. The number of pyridine rings is 1. The largest absolute Gasteiger partial charge is 0.288 e. The summed E-state index contributed by atoms with van der Waals surface area (Å²) in [6.07, 6.45) is 2.17. The zero-order valence-corrected chi connectivity index (χ0v) is 12.1. The van der Waals surface area contributed by atoms with Crippen molar-refractivity contribution in [3.8, 4) is 11.8 Å². The van der Waals surface area contributed by atoms with Crippen molar-refractivity contribution in [2.75, 3.05) is 5.75 Å². The maximum absolute atomic E-state index is 11.0. The number of nitro benzene ring substituents is 1. The highest BCUT2D eigenvalue weighted by molar-refractivity contribution is 8.13. The average molecular weight is 300 g/mol. The molecule has 0 atom stereocenters. The molecule has 0 saturated heterocycles. The van der Waals surface area contributed by atoms with E-state index in [1.54, 1.807) is 24.4 Å². The van der Waals surface area contributed by atoms with E-state index < -0.39 is 4.92 Å². The minimum atomic E-state index is -0.426. The van der Waals surface area contributed by atoms with Crippen LogP contribution in [0.4, 0.5) is 5.69 Å². The first-order chi connectivity index (χ1) is 10.1. The summed E-state index contributed by atoms with van der Waals surface area (Å²) in [7, 11) is 0. The molecule has 1 aromatic heterocycles. The van der Waals surface area contributed by atoms with Gasteiger partial charge in [0, 0.05) is 31.4 Å². The maximum atomic E-state index is 11.0. The Morgan fingerprint density at radius 3 is 2.95 bits per heavy atom. The number of hydrogen-bond donors (Lipinski definition) is 0. The molecule has 0 unspecified atom stereocenters. The number of aromatic nitrogens is 1. The molecule has 5 nitrogen and oxygen atoms in total. The molecular formula is C15H12N2O3S. The van der Waals surface area contributed by atoms with Gasteiger partial charge in [-0.05, 0) is 18.2 Å². The number of nitro groups is 1. The lowest BCUT2D eigenvalue weighted by atomic mass is 10.1. The Labute approximate surface area is 125 Å². The second kappa shape index (κ2) is 6.86. The second-order valence-corrected chi connectivity index (χ2v) is 5.45. The minimum Gasteiger partial charge on any atom is -0.288 e. The Morgan fingerprint density at radius 1 is 1.43 bits per heavy atom. The van der Waals surface area contributed by atoms with Crippen molar-refractivity contribution in [3.05, 3.63) is 46.1 Å². The van der Waals surface area contributed by atoms with E-state index in [0.29, 0.717) is 28.6 Å². The van der Waals surface area contributed by atoms with Crippen molar-refractivity contribution >= 4 is 33.5 Å². The molecule has 0 aliphatic rings. The molecule has 0 saturated carbocycles. The van der Waals surface area contributed by atoms with E-state index in [1.165, 1.54) is 24.8 Å². The third kappa shape index (κ3) is 3.80. The zero-order chi connectivity index (χ0) is 15.2. The van der Waals surface area contributed by atoms with Gasteiger partial charge in [-0.2, -0.15) is 0 Å². The number of thioether (sulfide) groups is 1. The SMILES string of the molecule is CC(=O)SCCC#Cc1ccc([N+](=O)[O-])c2cccnc12. The van der Waals surface area contributed by atoms with Crippen molar-refractivity contribution < 1.29 is 9.72 Å². The van der Waals surface area contributed by atoms with Gasteiger partial charge in [0.25, 0.3) is 5.69 Å². The van der Waals surface area contributed by atoms with E-state index in [0.717, 1.165) is 0 Å². The second-order valence-electron chi connectivity index (χ2n) is 4.18. The highest BCUT2D eigenvalue weighted by Gasteiger charge is 2.13. The first kappa shape index (κ1) is 15.0. The summed E-state index contributed by atoms with van der Waals surface area (Å²) in [6, 6.07) is 6.38. The molecule has 6 heteroatoms. The zero-order valence-electron chi connectivity index (χ0n) is 11.3. The van der Waals surface area contributed by atoms with Gasteiger partial charge in [0.15, 0.2) is 5.12 Å². The maximum Gasteiger partial charge on any atom is 0.278 e. The number of non-ortho nitro benzene ring substituents is 1. The van der Waals surface area contributed by atoms with Crippen LogP contribution in [0.2, 0.25) is 0 Å². The quantitative estimate of drug-likeness (QED) is 0.377. The Balaban J connectivity index is 2.30. The number of hydrogen-bond acceptors (Lipinski definition) is 5. The number of carbonyl (C=O) groups is 1. The van der Waals surface area contributed by atoms with E-state index >= 15 is 0 Å². The number of carbonyl (C=O) groups excluding carboxylic acids is 1. The molecule has 0 N–H and O–H groups in total. The molecule has 21 heavy (non-hydrogen) atoms. The Bertz CT molecular complexity index is 762. The normalized spacial score (nSPS) is 9.95. The summed E-state index contributed by atoms with van der Waals surface area (Å²) < 4.78 is 0. The average Bonchev–Trinajstić information content (AvgIpc) is 2.46. The Morgan fingerprint density at radius 2 is 2.24 bits per heavy atom. The lowest BCUT2D eigenvalue weighted by molar-refractivity contribution is -0.383. The minimum absolute atomic E-state index is 0.0239. The van der Waals surface area contributed by atoms with Crippen LogP contribution >= 0.6 is 11.8 Å². The van der Waals surface area contributed by atoms with Crippen LogP contribution < -0.4 is 0 Å². The lowest BCUT2D eigenvalue weighted by Crippen LogP contribution is -1.92. The van der Waals surface area contributed by atoms with Gasteiger partial charge in [-0.25, -0.2) is 0 Å². The van der Waals surface area contributed by atoms with Crippen LogP contribution in [0, 0.1) is 22.0 Å². The summed E-state index contributed by atoms with van der Waals surface area (Å²) in [5.74, 6) is 6.57. The van der Waals surface area contributed by atoms with Crippen molar-refractivity contribution in [1.29, 1.82) is 0 Å². The van der Waals surface area contributed by atoms with Gasteiger partial charge >= 0.3 is 0 Å². The van der Waals surface area contributed by atoms with Crippen LogP contribution in [0.1, 0.15) is 18.9 Å². The van der Waals surface area contributed by atoms with Crippen LogP contribution in [0.5, 0.6) is 0 Å². The molecular weight excluding hydrogens is 288 g/mol. The van der Waals surface area contributed by atoms with Gasteiger partial charge in [0.1, 0.15) is 0 Å². The monoisotopic (exact) mass is 300 g/mol. The fraction of sp³-hybridized carbons (Fsp3) is 0.200. The molecule has 2 rings (SSSR count). The number of rotatable bonds is 3. The predicted molar refractivity (Wildman–Crippen MR) is 83.0 cm³/mol. The van der Waals surface area contributed by atoms with Gasteiger partial charge in [0.05, 0.1) is 21.4 Å². The van der Waals surface area contributed by atoms with E-state index in [-0.39, 0.29) is 10.8 Å². The number of nitrogens with zero attached hydrogens (tertiary/aromatic N) is 2. The van der Waals surface area contributed by atoms with Crippen LogP contribution in [-0.2, 0) is 4.79 Å². The van der Waals surface area contributed by atoms with Crippen LogP contribution in [0.25, 0.3) is 10.9 Å². The standard InChI is InChI=1S/C15H12N2O3S/c1-11(18)21-10-3-2-5-12-7-8-14(17(19)20)13-6-4-9-16-15(12)13/h4,6-9H,3,10H2,1H3. The summed E-state index contributed by atoms with van der Waals surface area (Å²) >= 11 is 1.23. The van der Waals surface area contributed by atoms with E-state index in [1.807, 2.05) is 0 Å². The van der Waals surface area contributed by atoms with E-state index in [4.69, 9.17) is 0 Å². The molecule has 2 aromatic rings. The third-order valence-corrected chi connectivity index (χ3v) is 3.51. The molecule has 106 valence electrons. The molecule has 0 radical (unpaired) electrons. The third-order valence-electron chi connectivity index (χ3n) is 2.70. The Hall–Kier alpha value is -2.39. The van der Waals surface area contributed by atoms with Crippen LogP contribution in [0.3, 0.4) is 0 Å². The fourth-order valence-electron chi connectivity index (χ4n) is 1.82. The Kier molecular flexibility index (Phi) is 4.90. The van der Waals surface area contributed by atoms with Gasteiger partial charge in [-0.3, -0.25) is 19.9 Å².